The summed E-state index contributed by atoms with van der Waals surface area (Å²) in [6.07, 6.45) is 5.26. The predicted molar refractivity (Wildman–Crippen MR) is 94.8 cm³/mol. The summed E-state index contributed by atoms with van der Waals surface area (Å²) in [4.78, 5) is 24.5. The zero-order valence-electron chi connectivity index (χ0n) is 14.8. The first-order chi connectivity index (χ1) is 13.3. The highest BCUT2D eigenvalue weighted by molar-refractivity contribution is 6.01. The first kappa shape index (κ1) is 19.7. The molecule has 0 saturated heterocycles. The lowest BCUT2D eigenvalue weighted by atomic mass is 10.0. The van der Waals surface area contributed by atoms with Crippen molar-refractivity contribution >= 4 is 11.6 Å². The van der Waals surface area contributed by atoms with Crippen molar-refractivity contribution in [1.82, 2.24) is 0 Å². The van der Waals surface area contributed by atoms with E-state index in [9.17, 15) is 22.8 Å². The van der Waals surface area contributed by atoms with E-state index in [1.54, 1.807) is 0 Å². The van der Waals surface area contributed by atoms with Crippen molar-refractivity contribution in [2.75, 3.05) is 0 Å². The van der Waals surface area contributed by atoms with Crippen LogP contribution in [0.4, 0.5) is 13.2 Å². The molecule has 1 aliphatic carbocycles. The van der Waals surface area contributed by atoms with E-state index in [2.05, 4.69) is 0 Å². The molecule has 0 aromatic heterocycles. The number of alkyl halides is 3. The topological polar surface area (TPSA) is 52.6 Å². The summed E-state index contributed by atoms with van der Waals surface area (Å²) >= 11 is 0. The molecule has 0 N–H and O–H groups in total. The van der Waals surface area contributed by atoms with Crippen LogP contribution in [0.1, 0.15) is 41.6 Å². The molecule has 0 bridgehead atoms. The minimum Gasteiger partial charge on any atom is -0.465 e. The van der Waals surface area contributed by atoms with E-state index < -0.39 is 23.3 Å². The summed E-state index contributed by atoms with van der Waals surface area (Å²) in [5.74, 6) is -0.398. The van der Waals surface area contributed by atoms with Crippen LogP contribution in [0.5, 0.6) is 0 Å². The van der Waals surface area contributed by atoms with E-state index in [-0.39, 0.29) is 24.2 Å². The Morgan fingerprint density at radius 1 is 1.00 bits per heavy atom. The van der Waals surface area contributed by atoms with Crippen molar-refractivity contribution in [2.45, 2.75) is 31.9 Å². The Hall–Kier alpha value is -3.09. The highest BCUT2D eigenvalue weighted by Crippen LogP contribution is 2.29. The molecular formula is C21H17F3O4. The van der Waals surface area contributed by atoms with Crippen molar-refractivity contribution in [3.05, 3.63) is 83.2 Å². The van der Waals surface area contributed by atoms with Gasteiger partial charge < -0.3 is 9.47 Å². The molecular weight excluding hydrogens is 373 g/mol. The highest BCUT2D eigenvalue weighted by Gasteiger charge is 2.30. The average Bonchev–Trinajstić information content (AvgIpc) is 2.72. The van der Waals surface area contributed by atoms with E-state index in [1.165, 1.54) is 12.5 Å². The van der Waals surface area contributed by atoms with Gasteiger partial charge in [-0.1, -0.05) is 30.4 Å². The fourth-order valence-electron chi connectivity index (χ4n) is 2.74. The van der Waals surface area contributed by atoms with E-state index >= 15 is 0 Å². The maximum Gasteiger partial charge on any atom is 0.416 e. The van der Waals surface area contributed by atoms with E-state index in [4.69, 9.17) is 9.47 Å². The van der Waals surface area contributed by atoms with Crippen molar-refractivity contribution in [1.29, 1.82) is 0 Å². The van der Waals surface area contributed by atoms with Gasteiger partial charge in [-0.05, 0) is 30.5 Å². The molecule has 0 saturated carbocycles. The molecule has 2 aliphatic rings. The standard InChI is InChI=1S/C21H17F3O4/c22-21(23,24)16-8-6-14(7-9-16)17(25)10-11-18(26)20-13-27-12-19(28-20)15-4-2-1-3-5-15/h1-2,4,6-9,12-13H,3,5,10-11H2. The number of halogens is 3. The Kier molecular flexibility index (Phi) is 5.82. The fourth-order valence-corrected chi connectivity index (χ4v) is 2.74. The predicted octanol–water partition coefficient (Wildman–Crippen LogP) is 5.24. The van der Waals surface area contributed by atoms with Gasteiger partial charge in [-0.15, -0.1) is 0 Å². The van der Waals surface area contributed by atoms with Gasteiger partial charge >= 0.3 is 6.18 Å². The van der Waals surface area contributed by atoms with Crippen molar-refractivity contribution < 1.29 is 32.2 Å². The van der Waals surface area contributed by atoms with Crippen LogP contribution < -0.4 is 0 Å². The molecule has 4 nitrogen and oxygen atoms in total. The first-order valence-corrected chi connectivity index (χ1v) is 8.68. The minimum atomic E-state index is -4.46. The van der Waals surface area contributed by atoms with Crippen LogP contribution in [0, 0.1) is 0 Å². The average molecular weight is 390 g/mol. The summed E-state index contributed by atoms with van der Waals surface area (Å²) in [5, 5.41) is 0. The normalized spacial score (nSPS) is 16.3. The van der Waals surface area contributed by atoms with Crippen molar-refractivity contribution in [3.63, 3.8) is 0 Å². The Balaban J connectivity index is 1.55. The minimum absolute atomic E-state index is 0.00632. The molecule has 28 heavy (non-hydrogen) atoms. The lowest BCUT2D eigenvalue weighted by molar-refractivity contribution is -0.137. The van der Waals surface area contributed by atoms with Gasteiger partial charge in [0.25, 0.3) is 0 Å². The van der Waals surface area contributed by atoms with Gasteiger partial charge in [0.2, 0.25) is 11.5 Å². The molecule has 0 spiro atoms. The largest absolute Gasteiger partial charge is 0.465 e. The summed E-state index contributed by atoms with van der Waals surface area (Å²) in [7, 11) is 0. The third-order valence-electron chi connectivity index (χ3n) is 4.29. The maximum absolute atomic E-state index is 12.6. The molecule has 1 aliphatic heterocycles. The number of Topliss-reactive ketones (excluding diaryl/α,β-unsaturated/α-hetero) is 2. The maximum atomic E-state index is 12.6. The number of allylic oxidation sites excluding steroid dienone is 5. The Morgan fingerprint density at radius 3 is 2.36 bits per heavy atom. The van der Waals surface area contributed by atoms with Gasteiger partial charge in [0.1, 0.15) is 12.5 Å². The van der Waals surface area contributed by atoms with Gasteiger partial charge in [-0.3, -0.25) is 9.59 Å². The summed E-state index contributed by atoms with van der Waals surface area (Å²) in [5.41, 5.74) is 0.196. The molecule has 1 aromatic rings. The fraction of sp³-hybridized carbons (Fsp3) is 0.238. The third kappa shape index (κ3) is 4.79. The van der Waals surface area contributed by atoms with Gasteiger partial charge in [0.15, 0.2) is 11.5 Å². The van der Waals surface area contributed by atoms with E-state index in [1.807, 2.05) is 18.2 Å². The molecule has 1 aromatic carbocycles. The molecule has 0 unspecified atom stereocenters. The number of hydrogen-bond donors (Lipinski definition) is 0. The number of carbonyl (C=O) groups is 2. The van der Waals surface area contributed by atoms with Crippen LogP contribution in [0.15, 0.2) is 72.1 Å². The third-order valence-corrected chi connectivity index (χ3v) is 4.29. The lowest BCUT2D eigenvalue weighted by Gasteiger charge is -2.18. The van der Waals surface area contributed by atoms with Crippen LogP contribution in [0.3, 0.4) is 0 Å². The number of benzene rings is 1. The first-order valence-electron chi connectivity index (χ1n) is 8.68. The molecule has 7 heteroatoms. The van der Waals surface area contributed by atoms with Crippen LogP contribution >= 0.6 is 0 Å². The second-order valence-corrected chi connectivity index (χ2v) is 6.28. The second kappa shape index (κ2) is 8.29. The second-order valence-electron chi connectivity index (χ2n) is 6.28. The van der Waals surface area contributed by atoms with Crippen LogP contribution in [0.25, 0.3) is 0 Å². The van der Waals surface area contributed by atoms with Crippen LogP contribution in [-0.2, 0) is 20.4 Å². The van der Waals surface area contributed by atoms with Gasteiger partial charge in [0, 0.05) is 18.4 Å². The highest BCUT2D eigenvalue weighted by atomic mass is 19.4. The smallest absolute Gasteiger partial charge is 0.416 e. The van der Waals surface area contributed by atoms with E-state index in [0.29, 0.717) is 5.76 Å². The number of ketones is 2. The summed E-state index contributed by atoms with van der Waals surface area (Å²) in [6.45, 7) is 0. The molecule has 0 fully saturated rings. The number of carbonyl (C=O) groups excluding carboxylic acids is 2. The summed E-state index contributed by atoms with van der Waals surface area (Å²) < 4.78 is 48.5. The van der Waals surface area contributed by atoms with E-state index in [0.717, 1.165) is 42.7 Å². The molecule has 0 radical (unpaired) electrons. The van der Waals surface area contributed by atoms with Crippen molar-refractivity contribution in [3.8, 4) is 0 Å². The number of hydrogen-bond acceptors (Lipinski definition) is 4. The quantitative estimate of drug-likeness (QED) is 0.623. The zero-order valence-corrected chi connectivity index (χ0v) is 14.8. The van der Waals surface area contributed by atoms with Crippen molar-refractivity contribution in [2.24, 2.45) is 0 Å². The Bertz CT molecular complexity index is 887. The molecule has 146 valence electrons. The van der Waals surface area contributed by atoms with Crippen LogP contribution in [-0.4, -0.2) is 11.6 Å². The molecule has 1 heterocycles. The van der Waals surface area contributed by atoms with Crippen LogP contribution in [0.2, 0.25) is 0 Å². The summed E-state index contributed by atoms with van der Waals surface area (Å²) in [6, 6.07) is 3.91. The number of rotatable bonds is 6. The monoisotopic (exact) mass is 390 g/mol. The van der Waals surface area contributed by atoms with Gasteiger partial charge in [0.05, 0.1) is 5.56 Å². The Morgan fingerprint density at radius 2 is 1.71 bits per heavy atom. The van der Waals surface area contributed by atoms with Gasteiger partial charge in [-0.2, -0.15) is 13.2 Å². The Labute approximate surface area is 159 Å². The number of ether oxygens (including phenoxy) is 2. The zero-order chi connectivity index (χ0) is 20.1. The SMILES string of the molecule is O=C(CCC(=O)c1ccc(C(F)(F)F)cc1)C1=COC=C(C2=CC=CCC2)O1. The lowest BCUT2D eigenvalue weighted by Crippen LogP contribution is -2.13. The molecule has 3 rings (SSSR count). The molecule has 0 atom stereocenters. The molecule has 0 amide bonds. The van der Waals surface area contributed by atoms with Gasteiger partial charge in [-0.25, -0.2) is 0 Å².